The number of hydrogen-bond acceptors (Lipinski definition) is 6. The molecule has 6 nitrogen and oxygen atoms in total. The van der Waals surface area contributed by atoms with Crippen molar-refractivity contribution in [1.29, 1.82) is 0 Å². The Balaban J connectivity index is 4.23. The van der Waals surface area contributed by atoms with Gasteiger partial charge in [0.05, 0.1) is 0 Å². The van der Waals surface area contributed by atoms with E-state index in [4.69, 9.17) is 14.2 Å². The van der Waals surface area contributed by atoms with Crippen LogP contribution in [0, 0.1) is 0 Å². The smallest absolute Gasteiger partial charge is 0.306 e. The Morgan fingerprint density at radius 1 is 0.225 bits per heavy atom. The molecule has 0 bridgehead atoms. The molecule has 422 valence electrons. The van der Waals surface area contributed by atoms with Crippen molar-refractivity contribution in [3.63, 3.8) is 0 Å². The topological polar surface area (TPSA) is 78.9 Å². The Hall–Kier alpha value is -1.59. The lowest BCUT2D eigenvalue weighted by molar-refractivity contribution is -0.167. The van der Waals surface area contributed by atoms with Crippen molar-refractivity contribution in [3.8, 4) is 0 Å². The molecule has 6 heteroatoms. The van der Waals surface area contributed by atoms with Gasteiger partial charge in [0.15, 0.2) is 6.10 Å². The Morgan fingerprint density at radius 3 is 0.563 bits per heavy atom. The van der Waals surface area contributed by atoms with Gasteiger partial charge in [-0.2, -0.15) is 0 Å². The molecule has 0 aromatic carbocycles. The van der Waals surface area contributed by atoms with Crippen LogP contribution in [0.25, 0.3) is 0 Å². The zero-order valence-corrected chi connectivity index (χ0v) is 48.5. The van der Waals surface area contributed by atoms with Crippen LogP contribution in [-0.2, 0) is 28.6 Å². The maximum Gasteiger partial charge on any atom is 0.306 e. The molecule has 0 amide bonds. The van der Waals surface area contributed by atoms with Gasteiger partial charge in [-0.1, -0.05) is 342 Å². The number of hydrogen-bond donors (Lipinski definition) is 0. The fourth-order valence-corrected chi connectivity index (χ4v) is 10.2. The SMILES string of the molecule is CCCCCCCCCCCCCCCCCCCCCCCCC(=O)OCC(COC(=O)CCCCCCCCCCCCCCCC)OC(=O)CCCCCCCCCCCCCCCCCCC. The van der Waals surface area contributed by atoms with Crippen LogP contribution in [0.4, 0.5) is 0 Å². The minimum atomic E-state index is -0.762. The first-order valence-electron chi connectivity index (χ1n) is 32.5. The van der Waals surface area contributed by atoms with E-state index in [0.717, 1.165) is 57.8 Å². The molecule has 0 radical (unpaired) electrons. The summed E-state index contributed by atoms with van der Waals surface area (Å²) in [7, 11) is 0. The standard InChI is InChI=1S/C65H126O6/c1-4-7-10-13-16-19-22-25-28-30-31-32-33-34-36-37-40-43-46-49-52-55-58-64(67)70-61-62(60-69-63(66)57-54-51-48-45-42-39-27-24-21-18-15-12-9-6-3)71-65(68)59-56-53-50-47-44-41-38-35-29-26-23-20-17-14-11-8-5-2/h62H,4-61H2,1-3H3. The monoisotopic (exact) mass is 1000 g/mol. The van der Waals surface area contributed by atoms with Crippen molar-refractivity contribution >= 4 is 17.9 Å². The van der Waals surface area contributed by atoms with Gasteiger partial charge in [0, 0.05) is 19.3 Å². The first kappa shape index (κ1) is 69.4. The summed E-state index contributed by atoms with van der Waals surface area (Å²) in [5.41, 5.74) is 0. The number of unbranched alkanes of at least 4 members (excludes halogenated alkanes) is 50. The molecule has 0 aliphatic rings. The lowest BCUT2D eigenvalue weighted by Crippen LogP contribution is -2.30. The summed E-state index contributed by atoms with van der Waals surface area (Å²) in [6.07, 6.45) is 69.7. The normalized spacial score (nSPS) is 11.9. The number of carbonyl (C=O) groups is 3. The summed E-state index contributed by atoms with van der Waals surface area (Å²) in [5.74, 6) is -0.824. The third-order valence-electron chi connectivity index (χ3n) is 15.1. The quantitative estimate of drug-likeness (QED) is 0.0343. The molecule has 0 spiro atoms. The molecular formula is C65H126O6. The molecule has 0 fully saturated rings. The van der Waals surface area contributed by atoms with Crippen LogP contribution in [0.5, 0.6) is 0 Å². The lowest BCUT2D eigenvalue weighted by atomic mass is 10.0. The van der Waals surface area contributed by atoms with Crippen molar-refractivity contribution in [2.75, 3.05) is 13.2 Å². The molecular weight excluding hydrogens is 877 g/mol. The average Bonchev–Trinajstić information content (AvgIpc) is 3.37. The Morgan fingerprint density at radius 2 is 0.380 bits per heavy atom. The van der Waals surface area contributed by atoms with E-state index in [1.165, 1.54) is 283 Å². The maximum absolute atomic E-state index is 12.9. The number of rotatable bonds is 61. The van der Waals surface area contributed by atoms with Crippen LogP contribution < -0.4 is 0 Å². The Labute approximate surface area is 444 Å². The maximum atomic E-state index is 12.9. The second-order valence-corrected chi connectivity index (χ2v) is 22.4. The highest BCUT2D eigenvalue weighted by Crippen LogP contribution is 2.19. The second kappa shape index (κ2) is 61.0. The van der Waals surface area contributed by atoms with Crippen molar-refractivity contribution in [2.45, 2.75) is 386 Å². The molecule has 0 N–H and O–H groups in total. The van der Waals surface area contributed by atoms with Crippen LogP contribution in [0.15, 0.2) is 0 Å². The van der Waals surface area contributed by atoms with Crippen molar-refractivity contribution in [1.82, 2.24) is 0 Å². The highest BCUT2D eigenvalue weighted by atomic mass is 16.6. The van der Waals surface area contributed by atoms with E-state index in [1.807, 2.05) is 0 Å². The summed E-state index contributed by atoms with van der Waals surface area (Å²) >= 11 is 0. The van der Waals surface area contributed by atoms with Gasteiger partial charge in [0.25, 0.3) is 0 Å². The van der Waals surface area contributed by atoms with Gasteiger partial charge in [-0.05, 0) is 19.3 Å². The fraction of sp³-hybridized carbons (Fsp3) is 0.954. The van der Waals surface area contributed by atoms with Crippen molar-refractivity contribution in [2.24, 2.45) is 0 Å². The minimum absolute atomic E-state index is 0.0605. The van der Waals surface area contributed by atoms with Crippen LogP contribution >= 0.6 is 0 Å². The average molecular weight is 1000 g/mol. The zero-order valence-electron chi connectivity index (χ0n) is 48.5. The van der Waals surface area contributed by atoms with E-state index in [0.29, 0.717) is 19.3 Å². The summed E-state index contributed by atoms with van der Waals surface area (Å²) in [6.45, 7) is 6.73. The third-order valence-corrected chi connectivity index (χ3v) is 15.1. The largest absolute Gasteiger partial charge is 0.462 e. The first-order valence-corrected chi connectivity index (χ1v) is 32.5. The van der Waals surface area contributed by atoms with E-state index < -0.39 is 6.10 Å². The van der Waals surface area contributed by atoms with Gasteiger partial charge >= 0.3 is 17.9 Å². The lowest BCUT2D eigenvalue weighted by Gasteiger charge is -2.18. The zero-order chi connectivity index (χ0) is 51.4. The van der Waals surface area contributed by atoms with Crippen LogP contribution in [0.2, 0.25) is 0 Å². The highest BCUT2D eigenvalue weighted by Gasteiger charge is 2.19. The molecule has 0 saturated heterocycles. The molecule has 0 saturated carbocycles. The summed E-state index contributed by atoms with van der Waals surface area (Å²) in [4.78, 5) is 38.3. The fourth-order valence-electron chi connectivity index (χ4n) is 10.2. The minimum Gasteiger partial charge on any atom is -0.462 e. The van der Waals surface area contributed by atoms with Gasteiger partial charge in [-0.3, -0.25) is 14.4 Å². The van der Waals surface area contributed by atoms with Crippen LogP contribution in [-0.4, -0.2) is 37.2 Å². The summed E-state index contributed by atoms with van der Waals surface area (Å²) in [6, 6.07) is 0. The van der Waals surface area contributed by atoms with E-state index in [1.54, 1.807) is 0 Å². The second-order valence-electron chi connectivity index (χ2n) is 22.4. The predicted molar refractivity (Wildman–Crippen MR) is 307 cm³/mol. The van der Waals surface area contributed by atoms with Gasteiger partial charge in [0.2, 0.25) is 0 Å². The molecule has 1 atom stereocenters. The van der Waals surface area contributed by atoms with E-state index in [2.05, 4.69) is 20.8 Å². The van der Waals surface area contributed by atoms with Gasteiger partial charge in [-0.25, -0.2) is 0 Å². The van der Waals surface area contributed by atoms with Gasteiger partial charge in [-0.15, -0.1) is 0 Å². The van der Waals surface area contributed by atoms with Gasteiger partial charge in [0.1, 0.15) is 13.2 Å². The molecule has 1 unspecified atom stereocenters. The van der Waals surface area contributed by atoms with E-state index in [9.17, 15) is 14.4 Å². The van der Waals surface area contributed by atoms with Crippen molar-refractivity contribution in [3.05, 3.63) is 0 Å². The molecule has 0 aromatic heterocycles. The summed E-state index contributed by atoms with van der Waals surface area (Å²) < 4.78 is 17.0. The molecule has 0 aromatic rings. The van der Waals surface area contributed by atoms with E-state index >= 15 is 0 Å². The Bertz CT molecular complexity index is 1060. The third kappa shape index (κ3) is 59.2. The van der Waals surface area contributed by atoms with E-state index in [-0.39, 0.29) is 31.1 Å². The Kier molecular flexibility index (Phi) is 59.6. The highest BCUT2D eigenvalue weighted by molar-refractivity contribution is 5.71. The van der Waals surface area contributed by atoms with Crippen molar-refractivity contribution < 1.29 is 28.6 Å². The molecule has 71 heavy (non-hydrogen) atoms. The molecule has 0 aliphatic heterocycles. The van der Waals surface area contributed by atoms with Crippen LogP contribution in [0.3, 0.4) is 0 Å². The summed E-state index contributed by atoms with van der Waals surface area (Å²) in [5, 5.41) is 0. The number of carbonyl (C=O) groups excluding carboxylic acids is 3. The molecule has 0 heterocycles. The van der Waals surface area contributed by atoms with Crippen LogP contribution in [0.1, 0.15) is 380 Å². The number of ether oxygens (including phenoxy) is 3. The first-order chi connectivity index (χ1) is 35.0. The number of esters is 3. The molecule has 0 rings (SSSR count). The molecule has 0 aliphatic carbocycles. The predicted octanol–water partition coefficient (Wildman–Crippen LogP) is 21.9. The van der Waals surface area contributed by atoms with Gasteiger partial charge < -0.3 is 14.2 Å².